The molecule has 0 amide bonds. The van der Waals surface area contributed by atoms with Crippen LogP contribution in [0.1, 0.15) is 29.5 Å². The highest BCUT2D eigenvalue weighted by atomic mass is 35.5. The number of benzene rings is 2. The summed E-state index contributed by atoms with van der Waals surface area (Å²) in [6.45, 7) is 2.17. The summed E-state index contributed by atoms with van der Waals surface area (Å²) >= 11 is 6.34. The maximum absolute atomic E-state index is 12.3. The maximum Gasteiger partial charge on any atom is 0.334 e. The highest BCUT2D eigenvalue weighted by molar-refractivity contribution is 6.31. The number of halogens is 1. The molecule has 2 nitrogen and oxygen atoms in total. The van der Waals surface area contributed by atoms with E-state index >= 15 is 0 Å². The molecule has 2 aromatic carbocycles. The van der Waals surface area contributed by atoms with Crippen LogP contribution in [0.25, 0.3) is 6.08 Å². The largest absolute Gasteiger partial charge is 0.463 e. The summed E-state index contributed by atoms with van der Waals surface area (Å²) in [5.41, 5.74) is 3.72. The van der Waals surface area contributed by atoms with Gasteiger partial charge in [-0.3, -0.25) is 0 Å². The number of hydrogen-bond donors (Lipinski definition) is 0. The summed E-state index contributed by atoms with van der Waals surface area (Å²) in [6.07, 6.45) is 1.90. The van der Waals surface area contributed by atoms with Crippen molar-refractivity contribution in [2.45, 2.75) is 12.8 Å². The maximum atomic E-state index is 12.3. The molecule has 1 atom stereocenters. The number of rotatable bonds is 3. The Morgan fingerprint density at radius 1 is 1.10 bits per heavy atom. The molecule has 0 aromatic heterocycles. The number of ether oxygens (including phenoxy) is 1. The lowest BCUT2D eigenvalue weighted by Gasteiger charge is -2.17. The Labute approximate surface area is 129 Å². The Morgan fingerprint density at radius 2 is 1.76 bits per heavy atom. The van der Waals surface area contributed by atoms with Crippen LogP contribution in [0.4, 0.5) is 0 Å². The summed E-state index contributed by atoms with van der Waals surface area (Å²) in [7, 11) is 0. The second-order valence-corrected chi connectivity index (χ2v) is 5.31. The van der Waals surface area contributed by atoms with Crippen LogP contribution in [0.15, 0.2) is 54.1 Å². The minimum absolute atomic E-state index is 0.158. The Morgan fingerprint density at radius 3 is 2.48 bits per heavy atom. The van der Waals surface area contributed by atoms with Crippen molar-refractivity contribution < 1.29 is 9.53 Å². The van der Waals surface area contributed by atoms with E-state index < -0.39 is 0 Å². The normalized spacial score (nSPS) is 16.3. The molecule has 0 saturated heterocycles. The van der Waals surface area contributed by atoms with Gasteiger partial charge in [-0.15, -0.1) is 0 Å². The van der Waals surface area contributed by atoms with Gasteiger partial charge in [0.15, 0.2) is 0 Å². The number of carbonyl (C=O) groups excluding carboxylic acids is 1. The van der Waals surface area contributed by atoms with Gasteiger partial charge in [-0.2, -0.15) is 0 Å². The van der Waals surface area contributed by atoms with Crippen molar-refractivity contribution in [1.82, 2.24) is 0 Å². The number of esters is 1. The van der Waals surface area contributed by atoms with Gasteiger partial charge >= 0.3 is 5.97 Å². The fraction of sp³-hybridized carbons (Fsp3) is 0.167. The fourth-order valence-electron chi connectivity index (χ4n) is 2.76. The van der Waals surface area contributed by atoms with Crippen LogP contribution >= 0.6 is 11.6 Å². The lowest BCUT2D eigenvalue weighted by molar-refractivity contribution is -0.138. The van der Waals surface area contributed by atoms with Crippen LogP contribution in [0.5, 0.6) is 0 Å². The molecule has 2 aromatic rings. The highest BCUT2D eigenvalue weighted by Gasteiger charge is 2.32. The molecule has 3 heteroatoms. The van der Waals surface area contributed by atoms with Crippen molar-refractivity contribution in [2.75, 3.05) is 6.61 Å². The third-order valence-electron chi connectivity index (χ3n) is 3.66. The van der Waals surface area contributed by atoms with Crippen molar-refractivity contribution in [1.29, 1.82) is 0 Å². The van der Waals surface area contributed by atoms with E-state index in [1.807, 2.05) is 61.5 Å². The highest BCUT2D eigenvalue weighted by Crippen LogP contribution is 2.43. The van der Waals surface area contributed by atoms with Crippen molar-refractivity contribution >= 4 is 23.6 Å². The van der Waals surface area contributed by atoms with Crippen LogP contribution in [0.3, 0.4) is 0 Å². The molecular formula is C18H15ClO2. The van der Waals surface area contributed by atoms with Crippen LogP contribution in [-0.2, 0) is 9.53 Å². The molecule has 0 aliphatic heterocycles. The molecule has 0 spiro atoms. The average molecular weight is 299 g/mol. The van der Waals surface area contributed by atoms with Gasteiger partial charge in [0.25, 0.3) is 0 Å². The standard InChI is InChI=1S/C18H15ClO2/c1-2-21-18(20)15-11-12-7-3-4-8-13(12)17(15)14-9-5-6-10-16(14)19/h3-11,17H,2H2,1H3. The Hall–Kier alpha value is -2.06. The first-order valence-electron chi connectivity index (χ1n) is 6.94. The summed E-state index contributed by atoms with van der Waals surface area (Å²) in [4.78, 5) is 12.3. The molecule has 1 aliphatic rings. The first-order valence-corrected chi connectivity index (χ1v) is 7.32. The van der Waals surface area contributed by atoms with E-state index in [4.69, 9.17) is 16.3 Å². The molecule has 21 heavy (non-hydrogen) atoms. The van der Waals surface area contributed by atoms with Gasteiger partial charge in [0.05, 0.1) is 6.61 Å². The van der Waals surface area contributed by atoms with Crippen LogP contribution in [0.2, 0.25) is 5.02 Å². The fourth-order valence-corrected chi connectivity index (χ4v) is 3.00. The van der Waals surface area contributed by atoms with Crippen molar-refractivity contribution in [2.24, 2.45) is 0 Å². The van der Waals surface area contributed by atoms with E-state index in [1.54, 1.807) is 0 Å². The second-order valence-electron chi connectivity index (χ2n) is 4.90. The average Bonchev–Trinajstić information content (AvgIpc) is 2.87. The molecule has 0 heterocycles. The molecule has 3 rings (SSSR count). The molecule has 1 aliphatic carbocycles. The molecular weight excluding hydrogens is 284 g/mol. The molecule has 106 valence electrons. The van der Waals surface area contributed by atoms with E-state index in [2.05, 4.69) is 0 Å². The van der Waals surface area contributed by atoms with Gasteiger partial charge in [-0.25, -0.2) is 4.79 Å². The predicted octanol–water partition coefficient (Wildman–Crippen LogP) is 4.43. The second kappa shape index (κ2) is 5.74. The van der Waals surface area contributed by atoms with Gasteiger partial charge < -0.3 is 4.74 Å². The van der Waals surface area contributed by atoms with E-state index in [9.17, 15) is 4.79 Å². The number of hydrogen-bond acceptors (Lipinski definition) is 2. The lowest BCUT2D eigenvalue weighted by atomic mass is 9.88. The zero-order valence-corrected chi connectivity index (χ0v) is 12.4. The van der Waals surface area contributed by atoms with Gasteiger partial charge in [0, 0.05) is 16.5 Å². The number of carbonyl (C=O) groups is 1. The molecule has 0 saturated carbocycles. The van der Waals surface area contributed by atoms with Crippen molar-refractivity contribution in [3.8, 4) is 0 Å². The zero-order valence-electron chi connectivity index (χ0n) is 11.7. The molecule has 1 unspecified atom stereocenters. The van der Waals surface area contributed by atoms with E-state index in [-0.39, 0.29) is 11.9 Å². The van der Waals surface area contributed by atoms with Crippen molar-refractivity contribution in [3.05, 3.63) is 75.8 Å². The van der Waals surface area contributed by atoms with E-state index in [0.717, 1.165) is 16.7 Å². The SMILES string of the molecule is CCOC(=O)C1=Cc2ccccc2C1c1ccccc1Cl. The third kappa shape index (κ3) is 2.47. The van der Waals surface area contributed by atoms with Gasteiger partial charge in [0.2, 0.25) is 0 Å². The smallest absolute Gasteiger partial charge is 0.334 e. The van der Waals surface area contributed by atoms with Gasteiger partial charge in [0.1, 0.15) is 0 Å². The van der Waals surface area contributed by atoms with Crippen LogP contribution < -0.4 is 0 Å². The van der Waals surface area contributed by atoms with Crippen LogP contribution in [0, 0.1) is 0 Å². The summed E-state index contributed by atoms with van der Waals surface area (Å²) < 4.78 is 5.20. The molecule has 0 N–H and O–H groups in total. The minimum Gasteiger partial charge on any atom is -0.463 e. The van der Waals surface area contributed by atoms with Gasteiger partial charge in [-0.1, -0.05) is 54.1 Å². The van der Waals surface area contributed by atoms with Crippen LogP contribution in [-0.4, -0.2) is 12.6 Å². The Bertz CT molecular complexity index is 719. The molecule has 0 radical (unpaired) electrons. The predicted molar refractivity (Wildman–Crippen MR) is 84.3 cm³/mol. The Kier molecular flexibility index (Phi) is 3.80. The van der Waals surface area contributed by atoms with Gasteiger partial charge in [-0.05, 0) is 35.8 Å². The summed E-state index contributed by atoms with van der Waals surface area (Å²) in [5.74, 6) is -0.437. The topological polar surface area (TPSA) is 26.3 Å². The van der Waals surface area contributed by atoms with E-state index in [0.29, 0.717) is 17.2 Å². The summed E-state index contributed by atoms with van der Waals surface area (Å²) in [6, 6.07) is 15.6. The monoisotopic (exact) mass is 298 g/mol. The third-order valence-corrected chi connectivity index (χ3v) is 4.00. The minimum atomic E-state index is -0.279. The quantitative estimate of drug-likeness (QED) is 0.784. The first kappa shape index (κ1) is 13.9. The summed E-state index contributed by atoms with van der Waals surface area (Å²) in [5, 5.41) is 0.661. The number of fused-ring (bicyclic) bond motifs is 1. The zero-order chi connectivity index (χ0) is 14.8. The first-order chi connectivity index (χ1) is 10.2. The molecule has 0 fully saturated rings. The van der Waals surface area contributed by atoms with Crippen molar-refractivity contribution in [3.63, 3.8) is 0 Å². The van der Waals surface area contributed by atoms with E-state index in [1.165, 1.54) is 0 Å². The molecule has 0 bridgehead atoms. The Balaban J connectivity index is 2.13. The lowest BCUT2D eigenvalue weighted by Crippen LogP contribution is -2.13.